The van der Waals surface area contributed by atoms with Gasteiger partial charge in [0.15, 0.2) is 0 Å². The van der Waals surface area contributed by atoms with Crippen molar-refractivity contribution in [2.24, 2.45) is 0 Å². The molecule has 3 aromatic rings. The molecule has 24 heavy (non-hydrogen) atoms. The summed E-state index contributed by atoms with van der Waals surface area (Å²) in [6.45, 7) is 1.46. The third-order valence-electron chi connectivity index (χ3n) is 3.70. The maximum atomic E-state index is 12.5. The molecular weight excluding hydrogens is 328 g/mol. The summed E-state index contributed by atoms with van der Waals surface area (Å²) in [5, 5.41) is 12.9. The molecule has 0 saturated heterocycles. The fourth-order valence-electron chi connectivity index (χ4n) is 2.46. The maximum Gasteiger partial charge on any atom is 0.329 e. The van der Waals surface area contributed by atoms with Crippen LogP contribution in [0.1, 0.15) is 21.7 Å². The normalized spacial score (nSPS) is 11.2. The first-order valence-corrected chi connectivity index (χ1v) is 7.59. The van der Waals surface area contributed by atoms with Crippen LogP contribution in [0.2, 0.25) is 5.02 Å². The lowest BCUT2D eigenvalue weighted by Gasteiger charge is -2.15. The van der Waals surface area contributed by atoms with Crippen LogP contribution in [0.4, 0.5) is 0 Å². The summed E-state index contributed by atoms with van der Waals surface area (Å²) in [7, 11) is 0. The fourth-order valence-corrected chi connectivity index (χ4v) is 2.58. The first-order chi connectivity index (χ1) is 11.5. The smallest absolute Gasteiger partial charge is 0.329 e. The van der Waals surface area contributed by atoms with Crippen LogP contribution >= 0.6 is 11.6 Å². The van der Waals surface area contributed by atoms with Gasteiger partial charge in [0, 0.05) is 16.0 Å². The maximum absolute atomic E-state index is 12.5. The van der Waals surface area contributed by atoms with Crippen molar-refractivity contribution in [3.05, 3.63) is 86.7 Å². The molecule has 0 fully saturated rings. The molecule has 0 aliphatic carbocycles. The van der Waals surface area contributed by atoms with Crippen molar-refractivity contribution < 1.29 is 9.22 Å². The average molecular weight is 341 g/mol. The number of hydrogen-bond acceptors (Lipinski definition) is 3. The lowest BCUT2D eigenvalue weighted by Crippen LogP contribution is -2.29. The van der Waals surface area contributed by atoms with Gasteiger partial charge in [-0.25, -0.2) is 0 Å². The number of halogens is 1. The zero-order valence-electron chi connectivity index (χ0n) is 12.8. The summed E-state index contributed by atoms with van der Waals surface area (Å²) >= 11 is 5.81. The van der Waals surface area contributed by atoms with Crippen molar-refractivity contribution in [1.82, 2.24) is 4.73 Å². The Hall–Kier alpha value is -2.92. The van der Waals surface area contributed by atoms with E-state index in [0.29, 0.717) is 14.2 Å². The second-order valence-corrected chi connectivity index (χ2v) is 5.70. The Labute approximate surface area is 142 Å². The number of allylic oxidation sites excluding steroid dienone is 1. The van der Waals surface area contributed by atoms with Crippen LogP contribution in [0.25, 0.3) is 17.1 Å². The summed E-state index contributed by atoms with van der Waals surface area (Å²) in [5.41, 5.74) is 1.02. The van der Waals surface area contributed by atoms with Crippen molar-refractivity contribution in [3.8, 4) is 0 Å². The summed E-state index contributed by atoms with van der Waals surface area (Å²) in [6.07, 6.45) is 2.84. The van der Waals surface area contributed by atoms with Crippen LogP contribution in [0.5, 0.6) is 0 Å². The molecule has 2 aromatic carbocycles. The van der Waals surface area contributed by atoms with Gasteiger partial charge in [-0.15, -0.1) is 0 Å². The van der Waals surface area contributed by atoms with Gasteiger partial charge in [-0.2, -0.15) is 0 Å². The molecular formula is C18H13ClN2O3. The molecule has 0 N–H and O–H groups in total. The number of hydrogen-bond donors (Lipinski definition) is 0. The Morgan fingerprint density at radius 3 is 2.54 bits per heavy atom. The predicted octanol–water partition coefficient (Wildman–Crippen LogP) is 3.76. The third kappa shape index (κ3) is 2.81. The number of carbonyl (C=O) groups excluding carboxylic acids is 1. The van der Waals surface area contributed by atoms with E-state index in [2.05, 4.69) is 0 Å². The predicted molar refractivity (Wildman–Crippen MR) is 93.6 cm³/mol. The van der Waals surface area contributed by atoms with Crippen molar-refractivity contribution in [3.63, 3.8) is 0 Å². The minimum Gasteiger partial charge on any atom is -0.805 e. The first-order valence-electron chi connectivity index (χ1n) is 7.21. The van der Waals surface area contributed by atoms with E-state index in [0.717, 1.165) is 5.56 Å². The molecule has 1 heterocycles. The molecule has 6 heteroatoms. The number of benzene rings is 2. The van der Waals surface area contributed by atoms with E-state index in [9.17, 15) is 14.9 Å². The summed E-state index contributed by atoms with van der Waals surface area (Å²) in [6, 6.07) is 13.3. The monoisotopic (exact) mass is 340 g/mol. The Morgan fingerprint density at radius 2 is 1.83 bits per heavy atom. The highest BCUT2D eigenvalue weighted by Crippen LogP contribution is 2.15. The van der Waals surface area contributed by atoms with Gasteiger partial charge in [0.2, 0.25) is 0 Å². The van der Waals surface area contributed by atoms with Crippen LogP contribution in [0.3, 0.4) is 0 Å². The van der Waals surface area contributed by atoms with E-state index in [1.165, 1.54) is 19.1 Å². The summed E-state index contributed by atoms with van der Waals surface area (Å²) < 4.78 is 1.11. The van der Waals surface area contributed by atoms with Crippen molar-refractivity contribution in [2.45, 2.75) is 6.92 Å². The van der Waals surface area contributed by atoms with Gasteiger partial charge in [-0.1, -0.05) is 41.9 Å². The highest BCUT2D eigenvalue weighted by Gasteiger charge is 2.24. The minimum atomic E-state index is -0.534. The van der Waals surface area contributed by atoms with Crippen molar-refractivity contribution in [1.29, 1.82) is 0 Å². The van der Waals surface area contributed by atoms with Gasteiger partial charge in [0.1, 0.15) is 5.52 Å². The van der Waals surface area contributed by atoms with Crippen molar-refractivity contribution >= 4 is 34.5 Å². The van der Waals surface area contributed by atoms with Gasteiger partial charge in [-0.3, -0.25) is 4.79 Å². The molecule has 0 aliphatic rings. The number of rotatable bonds is 3. The van der Waals surface area contributed by atoms with E-state index in [1.54, 1.807) is 48.5 Å². The zero-order valence-corrected chi connectivity index (χ0v) is 13.5. The highest BCUT2D eigenvalue weighted by molar-refractivity contribution is 6.30. The molecule has 120 valence electrons. The third-order valence-corrected chi connectivity index (χ3v) is 3.95. The Bertz CT molecular complexity index is 1020. The van der Waals surface area contributed by atoms with Crippen LogP contribution < -0.4 is 4.43 Å². The van der Waals surface area contributed by atoms with Gasteiger partial charge < -0.3 is 9.94 Å². The molecule has 1 aromatic heterocycles. The highest BCUT2D eigenvalue weighted by atomic mass is 35.5. The Kier molecular flexibility index (Phi) is 4.18. The van der Waals surface area contributed by atoms with Crippen LogP contribution in [0, 0.1) is 17.0 Å². The van der Waals surface area contributed by atoms with E-state index in [1.807, 2.05) is 0 Å². The SMILES string of the molecule is Cc1c(C(=O)/C=C/c2ccc(Cl)cc2)[n+](=O)c2ccccc2n1[O-]. The number of fused-ring (bicyclic) bond motifs is 1. The molecule has 0 radical (unpaired) electrons. The number of para-hydroxylation sites is 2. The zero-order chi connectivity index (χ0) is 17.3. The van der Waals surface area contributed by atoms with Crippen LogP contribution in [-0.4, -0.2) is 10.5 Å². The quantitative estimate of drug-likeness (QED) is 0.414. The molecule has 0 unspecified atom stereocenters. The van der Waals surface area contributed by atoms with E-state index in [4.69, 9.17) is 11.6 Å². The lowest BCUT2D eigenvalue weighted by atomic mass is 10.1. The first kappa shape index (κ1) is 16.0. The van der Waals surface area contributed by atoms with Gasteiger partial charge in [0.05, 0.1) is 10.1 Å². The fraction of sp³-hybridized carbons (Fsp3) is 0.0556. The molecule has 0 aliphatic heterocycles. The summed E-state index contributed by atoms with van der Waals surface area (Å²) in [4.78, 5) is 24.9. The average Bonchev–Trinajstić information content (AvgIpc) is 2.59. The molecule has 0 amide bonds. The van der Waals surface area contributed by atoms with E-state index in [-0.39, 0.29) is 22.4 Å². The van der Waals surface area contributed by atoms with E-state index >= 15 is 0 Å². The second-order valence-electron chi connectivity index (χ2n) is 5.26. The number of ketones is 1. The van der Waals surface area contributed by atoms with Crippen LogP contribution in [-0.2, 0) is 0 Å². The largest absolute Gasteiger partial charge is 0.805 e. The molecule has 3 rings (SSSR count). The minimum absolute atomic E-state index is 0.0643. The molecule has 0 spiro atoms. The number of aromatic nitrogens is 2. The molecule has 0 saturated carbocycles. The van der Waals surface area contributed by atoms with Gasteiger partial charge in [-0.05, 0) is 36.8 Å². The second kappa shape index (κ2) is 6.29. The Balaban J connectivity index is 2.07. The van der Waals surface area contributed by atoms with Crippen LogP contribution in [0.15, 0.2) is 54.6 Å². The van der Waals surface area contributed by atoms with Gasteiger partial charge in [0.25, 0.3) is 11.3 Å². The van der Waals surface area contributed by atoms with Gasteiger partial charge >= 0.3 is 5.69 Å². The topological polar surface area (TPSA) is 68.0 Å². The Morgan fingerprint density at radius 1 is 1.17 bits per heavy atom. The lowest BCUT2D eigenvalue weighted by molar-refractivity contribution is -0.468. The molecule has 5 nitrogen and oxygen atoms in total. The standard InChI is InChI=1S/C18H13ClN2O3/c1-12-18(17(22)11-8-13-6-9-14(19)10-7-13)21(24)16-5-3-2-4-15(16)20(12)23/h2-11H,1H3/b11-8+. The summed E-state index contributed by atoms with van der Waals surface area (Å²) in [5.74, 6) is -0.534. The molecule has 0 bridgehead atoms. The number of carbonyl (C=O) groups is 1. The number of nitrogens with zero attached hydrogens (tertiary/aromatic N) is 2. The molecule has 0 atom stereocenters. The van der Waals surface area contributed by atoms with E-state index < -0.39 is 5.78 Å². The van der Waals surface area contributed by atoms with Crippen molar-refractivity contribution in [2.75, 3.05) is 0 Å².